The average molecular weight is 229 g/mol. The minimum absolute atomic E-state index is 0.468. The molecule has 5 nitrogen and oxygen atoms in total. The van der Waals surface area contributed by atoms with E-state index in [0.29, 0.717) is 11.5 Å². The van der Waals surface area contributed by atoms with E-state index in [-0.39, 0.29) is 0 Å². The molecule has 0 saturated heterocycles. The molecule has 0 spiro atoms. The molecule has 0 radical (unpaired) electrons. The molecule has 0 bridgehead atoms. The highest BCUT2D eigenvalue weighted by molar-refractivity contribution is 9.10. The zero-order chi connectivity index (χ0) is 8.55. The first-order valence-corrected chi connectivity index (χ1v) is 4.00. The standard InChI is InChI=1S/C6H5BrN4O/c1-12-6-5-8-2-4(7)11(5)10-3-9-6/h2-3H,1H3. The Morgan fingerprint density at radius 1 is 1.50 bits per heavy atom. The lowest BCUT2D eigenvalue weighted by atomic mass is 10.7. The molecule has 0 N–H and O–H groups in total. The lowest BCUT2D eigenvalue weighted by Gasteiger charge is -1.98. The number of imidazole rings is 1. The molecule has 62 valence electrons. The SMILES string of the molecule is COc1ncnn2c(Br)cnc12. The molecule has 6 heteroatoms. The van der Waals surface area contributed by atoms with E-state index in [1.54, 1.807) is 17.8 Å². The third-order valence-corrected chi connectivity index (χ3v) is 1.96. The second-order valence-corrected chi connectivity index (χ2v) is 2.90. The molecular weight excluding hydrogens is 224 g/mol. The first-order chi connectivity index (χ1) is 5.83. The lowest BCUT2D eigenvalue weighted by Crippen LogP contribution is -1.97. The Morgan fingerprint density at radius 3 is 3.08 bits per heavy atom. The molecule has 2 rings (SSSR count). The van der Waals surface area contributed by atoms with Crippen LogP contribution in [0.2, 0.25) is 0 Å². The molecule has 2 aromatic heterocycles. The summed E-state index contributed by atoms with van der Waals surface area (Å²) in [6, 6.07) is 0. The van der Waals surface area contributed by atoms with Crippen molar-refractivity contribution in [2.24, 2.45) is 0 Å². The Balaban J connectivity index is 2.81. The topological polar surface area (TPSA) is 52.3 Å². The molecule has 0 atom stereocenters. The summed E-state index contributed by atoms with van der Waals surface area (Å²) in [4.78, 5) is 7.96. The molecule has 2 heterocycles. The lowest BCUT2D eigenvalue weighted by molar-refractivity contribution is 0.397. The van der Waals surface area contributed by atoms with Gasteiger partial charge in [0.25, 0.3) is 5.88 Å². The van der Waals surface area contributed by atoms with Crippen LogP contribution >= 0.6 is 15.9 Å². The van der Waals surface area contributed by atoms with Crippen molar-refractivity contribution in [3.05, 3.63) is 17.1 Å². The van der Waals surface area contributed by atoms with Crippen LogP contribution in [0.5, 0.6) is 5.88 Å². The van der Waals surface area contributed by atoms with E-state index in [9.17, 15) is 0 Å². The number of fused-ring (bicyclic) bond motifs is 1. The van der Waals surface area contributed by atoms with Gasteiger partial charge in [0, 0.05) is 0 Å². The Labute approximate surface area is 76.5 Å². The molecule has 0 fully saturated rings. The summed E-state index contributed by atoms with van der Waals surface area (Å²) in [7, 11) is 1.55. The first-order valence-electron chi connectivity index (χ1n) is 3.21. The van der Waals surface area contributed by atoms with Crippen molar-refractivity contribution in [3.63, 3.8) is 0 Å². The fraction of sp³-hybridized carbons (Fsp3) is 0.167. The third kappa shape index (κ3) is 0.953. The van der Waals surface area contributed by atoms with E-state index in [2.05, 4.69) is 31.0 Å². The molecule has 0 aliphatic rings. The van der Waals surface area contributed by atoms with Crippen molar-refractivity contribution in [2.45, 2.75) is 0 Å². The van der Waals surface area contributed by atoms with Crippen molar-refractivity contribution in [1.29, 1.82) is 0 Å². The van der Waals surface area contributed by atoms with Crippen molar-refractivity contribution >= 4 is 21.6 Å². The predicted octanol–water partition coefficient (Wildman–Crippen LogP) is 0.895. The summed E-state index contributed by atoms with van der Waals surface area (Å²) in [6.07, 6.45) is 3.06. The average Bonchev–Trinajstić information content (AvgIpc) is 2.48. The Morgan fingerprint density at radius 2 is 2.33 bits per heavy atom. The molecule has 2 aromatic rings. The van der Waals surface area contributed by atoms with Gasteiger partial charge in [-0.1, -0.05) is 0 Å². The van der Waals surface area contributed by atoms with Crippen molar-refractivity contribution in [2.75, 3.05) is 7.11 Å². The highest BCUT2D eigenvalue weighted by Crippen LogP contribution is 2.17. The minimum Gasteiger partial charge on any atom is -0.478 e. The number of hydrogen-bond donors (Lipinski definition) is 0. The van der Waals surface area contributed by atoms with Crippen LogP contribution in [-0.4, -0.2) is 26.7 Å². The minimum atomic E-state index is 0.468. The van der Waals surface area contributed by atoms with Crippen LogP contribution in [0.25, 0.3) is 5.65 Å². The van der Waals surface area contributed by atoms with E-state index < -0.39 is 0 Å². The Bertz CT molecular complexity index is 413. The maximum absolute atomic E-state index is 4.99. The van der Waals surface area contributed by atoms with Crippen molar-refractivity contribution in [3.8, 4) is 5.88 Å². The van der Waals surface area contributed by atoms with Gasteiger partial charge in [0.15, 0.2) is 0 Å². The quantitative estimate of drug-likeness (QED) is 0.728. The van der Waals surface area contributed by atoms with Gasteiger partial charge >= 0.3 is 0 Å². The molecule has 12 heavy (non-hydrogen) atoms. The number of nitrogens with zero attached hydrogens (tertiary/aromatic N) is 4. The van der Waals surface area contributed by atoms with Gasteiger partial charge in [0.1, 0.15) is 10.9 Å². The molecule has 0 unspecified atom stereocenters. The van der Waals surface area contributed by atoms with E-state index in [0.717, 1.165) is 4.60 Å². The van der Waals surface area contributed by atoms with Crippen LogP contribution in [0, 0.1) is 0 Å². The van der Waals surface area contributed by atoms with Crippen molar-refractivity contribution < 1.29 is 4.74 Å². The maximum atomic E-state index is 4.99. The first kappa shape index (κ1) is 7.48. The second kappa shape index (κ2) is 2.71. The zero-order valence-electron chi connectivity index (χ0n) is 6.23. The fourth-order valence-corrected chi connectivity index (χ4v) is 1.27. The molecule has 0 aromatic carbocycles. The molecule has 0 saturated carbocycles. The van der Waals surface area contributed by atoms with E-state index in [1.165, 1.54) is 6.33 Å². The van der Waals surface area contributed by atoms with Crippen LogP contribution in [-0.2, 0) is 0 Å². The number of ether oxygens (including phenoxy) is 1. The highest BCUT2D eigenvalue weighted by atomic mass is 79.9. The Hall–Kier alpha value is -1.17. The normalized spacial score (nSPS) is 10.5. The number of halogens is 1. The van der Waals surface area contributed by atoms with Crippen LogP contribution in [0.15, 0.2) is 17.1 Å². The van der Waals surface area contributed by atoms with Crippen molar-refractivity contribution in [1.82, 2.24) is 19.6 Å². The molecule has 0 amide bonds. The summed E-state index contributed by atoms with van der Waals surface area (Å²) in [5, 5.41) is 3.97. The van der Waals surface area contributed by atoms with E-state index >= 15 is 0 Å². The summed E-state index contributed by atoms with van der Waals surface area (Å²) < 4.78 is 7.36. The molecule has 0 aliphatic carbocycles. The van der Waals surface area contributed by atoms with Crippen LogP contribution in [0.3, 0.4) is 0 Å². The number of methoxy groups -OCH3 is 1. The maximum Gasteiger partial charge on any atom is 0.261 e. The van der Waals surface area contributed by atoms with Crippen LogP contribution < -0.4 is 4.74 Å². The second-order valence-electron chi connectivity index (χ2n) is 2.09. The summed E-state index contributed by atoms with van der Waals surface area (Å²) in [5.74, 6) is 0.468. The van der Waals surface area contributed by atoms with Gasteiger partial charge < -0.3 is 4.74 Å². The van der Waals surface area contributed by atoms with Gasteiger partial charge in [-0.2, -0.15) is 10.1 Å². The summed E-state index contributed by atoms with van der Waals surface area (Å²) in [5.41, 5.74) is 0.604. The van der Waals surface area contributed by atoms with Crippen LogP contribution in [0.4, 0.5) is 0 Å². The monoisotopic (exact) mass is 228 g/mol. The zero-order valence-corrected chi connectivity index (χ0v) is 7.82. The summed E-state index contributed by atoms with van der Waals surface area (Å²) >= 11 is 3.28. The predicted molar refractivity (Wildman–Crippen MR) is 45.0 cm³/mol. The third-order valence-electron chi connectivity index (χ3n) is 1.42. The fourth-order valence-electron chi connectivity index (χ4n) is 0.912. The largest absolute Gasteiger partial charge is 0.478 e. The Kier molecular flexibility index (Phi) is 1.69. The molecule has 0 aliphatic heterocycles. The van der Waals surface area contributed by atoms with Gasteiger partial charge in [-0.15, -0.1) is 0 Å². The number of rotatable bonds is 1. The van der Waals surface area contributed by atoms with Gasteiger partial charge in [-0.25, -0.2) is 9.50 Å². The van der Waals surface area contributed by atoms with Gasteiger partial charge in [0.05, 0.1) is 13.3 Å². The summed E-state index contributed by atoms with van der Waals surface area (Å²) in [6.45, 7) is 0. The highest BCUT2D eigenvalue weighted by Gasteiger charge is 2.06. The number of hydrogen-bond acceptors (Lipinski definition) is 4. The van der Waals surface area contributed by atoms with E-state index in [4.69, 9.17) is 4.74 Å². The smallest absolute Gasteiger partial charge is 0.261 e. The van der Waals surface area contributed by atoms with Gasteiger partial charge in [0.2, 0.25) is 5.65 Å². The molecular formula is C6H5BrN4O. The van der Waals surface area contributed by atoms with E-state index in [1.807, 2.05) is 0 Å². The van der Waals surface area contributed by atoms with Gasteiger partial charge in [-0.3, -0.25) is 0 Å². The number of aromatic nitrogens is 4. The van der Waals surface area contributed by atoms with Gasteiger partial charge in [-0.05, 0) is 15.9 Å². The van der Waals surface area contributed by atoms with Crippen LogP contribution in [0.1, 0.15) is 0 Å².